The second-order valence-electron chi connectivity index (χ2n) is 3.58. The Bertz CT molecular complexity index is 618. The van der Waals surface area contributed by atoms with E-state index in [9.17, 15) is 14.9 Å². The molecule has 2 aromatic rings. The summed E-state index contributed by atoms with van der Waals surface area (Å²) in [7, 11) is 1.80. The molecule has 8 nitrogen and oxygen atoms in total. The van der Waals surface area contributed by atoms with E-state index in [1.165, 1.54) is 0 Å². The minimum atomic E-state index is -0.714. The summed E-state index contributed by atoms with van der Waals surface area (Å²) in [4.78, 5) is 25.2. The van der Waals surface area contributed by atoms with Gasteiger partial charge in [0.1, 0.15) is 6.54 Å². The van der Waals surface area contributed by atoms with Crippen molar-refractivity contribution in [3.63, 3.8) is 0 Å². The van der Waals surface area contributed by atoms with Crippen molar-refractivity contribution in [3.8, 4) is 0 Å². The highest BCUT2D eigenvalue weighted by atomic mass is 79.9. The maximum Gasteiger partial charge on any atom is 0.492 e. The van der Waals surface area contributed by atoms with E-state index in [2.05, 4.69) is 26.0 Å². The molecule has 0 aromatic carbocycles. The number of nitrogens with zero attached hydrogens (tertiary/aromatic N) is 5. The van der Waals surface area contributed by atoms with Crippen LogP contribution in [-0.2, 0) is 13.6 Å². The van der Waals surface area contributed by atoms with Gasteiger partial charge in [0.15, 0.2) is 5.78 Å². The number of carbonyl (C=O) groups is 1. The summed E-state index contributed by atoms with van der Waals surface area (Å²) < 4.78 is 3.04. The Hall–Kier alpha value is -2.03. The van der Waals surface area contributed by atoms with Crippen molar-refractivity contribution in [1.29, 1.82) is 0 Å². The van der Waals surface area contributed by atoms with Crippen LogP contribution in [-0.4, -0.2) is 30.0 Å². The summed E-state index contributed by atoms with van der Waals surface area (Å²) in [6.45, 7) is -0.106. The van der Waals surface area contributed by atoms with Gasteiger partial charge in [0.05, 0.1) is 0 Å². The molecule has 2 rings (SSSR count). The molecule has 2 aromatic heterocycles. The fourth-order valence-electron chi connectivity index (χ4n) is 1.39. The molecule has 0 aliphatic rings. The van der Waals surface area contributed by atoms with Crippen LogP contribution in [0.15, 0.2) is 23.2 Å². The first-order valence-corrected chi connectivity index (χ1v) is 5.66. The van der Waals surface area contributed by atoms with Crippen LogP contribution < -0.4 is 0 Å². The van der Waals surface area contributed by atoms with Gasteiger partial charge in [-0.05, 0) is 16.0 Å². The molecule has 0 radical (unpaired) electrons. The number of Topliss-reactive ketones (excluding diaryl/α,β-unsaturated/α-hetero) is 1. The number of nitro groups is 1. The molecule has 0 unspecified atom stereocenters. The fourth-order valence-corrected chi connectivity index (χ4v) is 1.75. The Morgan fingerprint density at radius 2 is 2.33 bits per heavy atom. The monoisotopic (exact) mass is 313 g/mol. The van der Waals surface area contributed by atoms with Crippen molar-refractivity contribution < 1.29 is 9.72 Å². The third kappa shape index (κ3) is 2.45. The lowest BCUT2D eigenvalue weighted by Crippen LogP contribution is -2.11. The summed E-state index contributed by atoms with van der Waals surface area (Å²) in [5.41, 5.74) is 0.516. The maximum atomic E-state index is 11.9. The van der Waals surface area contributed by atoms with E-state index in [1.807, 2.05) is 0 Å². The van der Waals surface area contributed by atoms with Crippen LogP contribution in [0.4, 0.5) is 5.95 Å². The molecule has 0 atom stereocenters. The minimum absolute atomic E-state index is 0.106. The van der Waals surface area contributed by atoms with E-state index < -0.39 is 10.9 Å². The molecule has 0 aliphatic heterocycles. The number of ketones is 1. The Balaban J connectivity index is 2.19. The van der Waals surface area contributed by atoms with Crippen LogP contribution in [0.1, 0.15) is 10.4 Å². The first-order valence-electron chi connectivity index (χ1n) is 4.87. The summed E-state index contributed by atoms with van der Waals surface area (Å²) >= 11 is 3.02. The Kier molecular flexibility index (Phi) is 3.24. The Morgan fingerprint density at radius 1 is 1.61 bits per heavy atom. The zero-order valence-corrected chi connectivity index (χ0v) is 10.9. The maximum absolute atomic E-state index is 11.9. The molecule has 0 fully saturated rings. The second-order valence-corrected chi connectivity index (χ2v) is 4.29. The molecular formula is C9H8BrN5O3. The van der Waals surface area contributed by atoms with Gasteiger partial charge >= 0.3 is 5.95 Å². The molecule has 0 N–H and O–H groups in total. The number of aryl methyl sites for hydroxylation is 1. The SMILES string of the molecule is Cn1ccc(C(=O)Cn2nc([N+](=O)[O-])nc2Br)c1. The molecule has 94 valence electrons. The average Bonchev–Trinajstić information content (AvgIpc) is 2.86. The predicted molar refractivity (Wildman–Crippen MR) is 64.1 cm³/mol. The largest absolute Gasteiger partial charge is 0.492 e. The van der Waals surface area contributed by atoms with Gasteiger partial charge in [-0.15, -0.1) is 0 Å². The first kappa shape index (κ1) is 12.4. The van der Waals surface area contributed by atoms with Gasteiger partial charge in [0.2, 0.25) is 0 Å². The van der Waals surface area contributed by atoms with Crippen molar-refractivity contribution in [2.24, 2.45) is 7.05 Å². The molecule has 18 heavy (non-hydrogen) atoms. The molecule has 0 aliphatic carbocycles. The fraction of sp³-hybridized carbons (Fsp3) is 0.222. The van der Waals surface area contributed by atoms with E-state index in [0.717, 1.165) is 4.68 Å². The number of aromatic nitrogens is 4. The number of halogens is 1. The molecule has 9 heteroatoms. The van der Waals surface area contributed by atoms with Gasteiger partial charge < -0.3 is 14.7 Å². The van der Waals surface area contributed by atoms with E-state index in [-0.39, 0.29) is 17.1 Å². The van der Waals surface area contributed by atoms with Crippen molar-refractivity contribution in [1.82, 2.24) is 19.3 Å². The highest BCUT2D eigenvalue weighted by molar-refractivity contribution is 9.10. The lowest BCUT2D eigenvalue weighted by molar-refractivity contribution is -0.394. The van der Waals surface area contributed by atoms with Gasteiger partial charge in [-0.25, -0.2) is 0 Å². The molecule has 0 amide bonds. The van der Waals surface area contributed by atoms with Crippen molar-refractivity contribution >= 4 is 27.7 Å². The molecular weight excluding hydrogens is 306 g/mol. The summed E-state index contributed by atoms with van der Waals surface area (Å²) in [5, 5.41) is 14.1. The Labute approximate surface area is 110 Å². The summed E-state index contributed by atoms with van der Waals surface area (Å²) in [5.74, 6) is -0.737. The lowest BCUT2D eigenvalue weighted by atomic mass is 10.2. The van der Waals surface area contributed by atoms with Crippen molar-refractivity contribution in [2.75, 3.05) is 0 Å². The first-order chi connectivity index (χ1) is 8.47. The van der Waals surface area contributed by atoms with Gasteiger partial charge in [-0.2, -0.15) is 4.68 Å². The minimum Gasteiger partial charge on any atom is -0.390 e. The zero-order chi connectivity index (χ0) is 13.3. The number of carbonyl (C=O) groups excluding carboxylic acids is 1. The van der Waals surface area contributed by atoms with Crippen LogP contribution in [0.3, 0.4) is 0 Å². The molecule has 2 heterocycles. The van der Waals surface area contributed by atoms with Crippen molar-refractivity contribution in [2.45, 2.75) is 6.54 Å². The van der Waals surface area contributed by atoms with E-state index >= 15 is 0 Å². The quantitative estimate of drug-likeness (QED) is 0.479. The predicted octanol–water partition coefficient (Wildman–Crippen LogP) is 1.17. The highest BCUT2D eigenvalue weighted by Gasteiger charge is 2.21. The highest BCUT2D eigenvalue weighted by Crippen LogP contribution is 2.13. The summed E-state index contributed by atoms with van der Waals surface area (Å²) in [6, 6.07) is 1.67. The normalized spacial score (nSPS) is 10.6. The molecule has 0 saturated carbocycles. The molecule has 0 saturated heterocycles. The summed E-state index contributed by atoms with van der Waals surface area (Å²) in [6.07, 6.45) is 3.41. The number of rotatable bonds is 4. The number of hydrogen-bond acceptors (Lipinski definition) is 5. The van der Waals surface area contributed by atoms with E-state index in [4.69, 9.17) is 0 Å². The third-order valence-electron chi connectivity index (χ3n) is 2.23. The Morgan fingerprint density at radius 3 is 2.83 bits per heavy atom. The van der Waals surface area contributed by atoms with Gasteiger partial charge in [-0.1, -0.05) is 0 Å². The number of hydrogen-bond donors (Lipinski definition) is 0. The van der Waals surface area contributed by atoms with Crippen LogP contribution in [0.5, 0.6) is 0 Å². The van der Waals surface area contributed by atoms with Crippen molar-refractivity contribution in [3.05, 3.63) is 38.9 Å². The second kappa shape index (κ2) is 4.69. The topological polar surface area (TPSA) is 95.8 Å². The zero-order valence-electron chi connectivity index (χ0n) is 9.28. The van der Waals surface area contributed by atoms with E-state index in [0.29, 0.717) is 5.56 Å². The third-order valence-corrected chi connectivity index (χ3v) is 2.81. The molecule has 0 bridgehead atoms. The standard InChI is InChI=1S/C9H8BrN5O3/c1-13-3-2-6(4-13)7(16)5-14-8(10)11-9(12-14)15(17)18/h2-4H,5H2,1H3. The molecule has 0 spiro atoms. The van der Waals surface area contributed by atoms with Crippen LogP contribution in [0.2, 0.25) is 0 Å². The van der Waals surface area contributed by atoms with Crippen LogP contribution >= 0.6 is 15.9 Å². The smallest absolute Gasteiger partial charge is 0.390 e. The van der Waals surface area contributed by atoms with Gasteiger partial charge in [-0.3, -0.25) is 4.79 Å². The van der Waals surface area contributed by atoms with Gasteiger partial charge in [0.25, 0.3) is 4.73 Å². The van der Waals surface area contributed by atoms with Crippen LogP contribution in [0.25, 0.3) is 0 Å². The average molecular weight is 314 g/mol. The van der Waals surface area contributed by atoms with E-state index in [1.54, 1.807) is 30.1 Å². The van der Waals surface area contributed by atoms with Gasteiger partial charge in [0, 0.05) is 46.0 Å². The van der Waals surface area contributed by atoms with Crippen LogP contribution in [0, 0.1) is 10.1 Å². The lowest BCUT2D eigenvalue weighted by Gasteiger charge is -1.95.